The van der Waals surface area contributed by atoms with Gasteiger partial charge in [0.05, 0.1) is 23.6 Å². The van der Waals surface area contributed by atoms with Gasteiger partial charge in [-0.05, 0) is 26.0 Å². The first-order valence-corrected chi connectivity index (χ1v) is 6.89. The van der Waals surface area contributed by atoms with E-state index in [0.29, 0.717) is 28.2 Å². The molecule has 1 heterocycles. The maximum atomic E-state index is 12.6. The lowest BCUT2D eigenvalue weighted by molar-refractivity contribution is 0.0975. The summed E-state index contributed by atoms with van der Waals surface area (Å²) in [7, 11) is 1.80. The molecule has 0 aliphatic heterocycles. The zero-order chi connectivity index (χ0) is 16.3. The molecule has 112 valence electrons. The third kappa shape index (κ3) is 2.77. The highest BCUT2D eigenvalue weighted by molar-refractivity contribution is 6.14. The molecule has 0 aliphatic carbocycles. The molecule has 5 nitrogen and oxygen atoms in total. The first kappa shape index (κ1) is 15.5. The molecule has 0 fully saturated rings. The Bertz CT molecular complexity index is 767. The Labute approximate surface area is 129 Å². The van der Waals surface area contributed by atoms with Crippen molar-refractivity contribution >= 4 is 17.4 Å². The van der Waals surface area contributed by atoms with Crippen LogP contribution in [0.2, 0.25) is 0 Å². The van der Waals surface area contributed by atoms with E-state index < -0.39 is 0 Å². The quantitative estimate of drug-likeness (QED) is 0.881. The summed E-state index contributed by atoms with van der Waals surface area (Å²) in [4.78, 5) is 24.8. The molecule has 1 N–H and O–H groups in total. The maximum absolute atomic E-state index is 12.6. The van der Waals surface area contributed by atoms with Gasteiger partial charge in [0, 0.05) is 24.1 Å². The first-order valence-electron chi connectivity index (χ1n) is 6.89. The Morgan fingerprint density at radius 1 is 1.14 bits per heavy atom. The van der Waals surface area contributed by atoms with Crippen LogP contribution in [0.1, 0.15) is 38.5 Å². The van der Waals surface area contributed by atoms with Gasteiger partial charge in [-0.25, -0.2) is 0 Å². The van der Waals surface area contributed by atoms with E-state index in [4.69, 9.17) is 5.26 Å². The predicted molar refractivity (Wildman–Crippen MR) is 83.8 cm³/mol. The molecule has 0 unspecified atom stereocenters. The number of carbonyl (C=O) groups is 2. The zero-order valence-electron chi connectivity index (χ0n) is 12.8. The minimum atomic E-state index is -0.339. The van der Waals surface area contributed by atoms with Crippen molar-refractivity contribution in [3.8, 4) is 6.07 Å². The van der Waals surface area contributed by atoms with Gasteiger partial charge in [0.25, 0.3) is 5.91 Å². The number of ketones is 1. The van der Waals surface area contributed by atoms with Crippen molar-refractivity contribution in [2.24, 2.45) is 7.05 Å². The van der Waals surface area contributed by atoms with Crippen molar-refractivity contribution in [3.63, 3.8) is 0 Å². The molecule has 1 amide bonds. The highest BCUT2D eigenvalue weighted by Gasteiger charge is 2.26. The lowest BCUT2D eigenvalue weighted by atomic mass is 10.0. The number of benzene rings is 1. The van der Waals surface area contributed by atoms with E-state index in [-0.39, 0.29) is 18.1 Å². The lowest BCUT2D eigenvalue weighted by Crippen LogP contribution is -2.16. The van der Waals surface area contributed by atoms with E-state index in [1.807, 2.05) is 24.3 Å². The van der Waals surface area contributed by atoms with Gasteiger partial charge in [-0.15, -0.1) is 0 Å². The summed E-state index contributed by atoms with van der Waals surface area (Å²) in [5, 5.41) is 11.5. The van der Waals surface area contributed by atoms with Gasteiger partial charge in [0.2, 0.25) is 0 Å². The summed E-state index contributed by atoms with van der Waals surface area (Å²) in [6, 6.07) is 10.9. The molecule has 0 spiro atoms. The number of hydrogen-bond acceptors (Lipinski definition) is 3. The third-order valence-electron chi connectivity index (χ3n) is 3.76. The summed E-state index contributed by atoms with van der Waals surface area (Å²) in [5.74, 6) is -0.671. The van der Waals surface area contributed by atoms with Crippen LogP contribution in [-0.2, 0) is 7.05 Å². The Hall–Kier alpha value is -2.87. The number of para-hydroxylation sites is 1. The second kappa shape index (κ2) is 6.27. The van der Waals surface area contributed by atoms with Gasteiger partial charge in [0.15, 0.2) is 5.78 Å². The molecule has 2 aromatic rings. The van der Waals surface area contributed by atoms with Crippen LogP contribution < -0.4 is 5.32 Å². The van der Waals surface area contributed by atoms with E-state index >= 15 is 0 Å². The number of anilines is 1. The minimum Gasteiger partial charge on any atom is -0.351 e. The second-order valence-corrected chi connectivity index (χ2v) is 5.06. The largest absolute Gasteiger partial charge is 0.351 e. The van der Waals surface area contributed by atoms with Crippen LogP contribution in [0.5, 0.6) is 0 Å². The van der Waals surface area contributed by atoms with Crippen LogP contribution in [0.25, 0.3) is 0 Å². The summed E-state index contributed by atoms with van der Waals surface area (Å²) < 4.78 is 1.80. The van der Waals surface area contributed by atoms with Gasteiger partial charge in [-0.1, -0.05) is 18.2 Å². The second-order valence-electron chi connectivity index (χ2n) is 5.06. The molecular weight excluding hydrogens is 278 g/mol. The summed E-state index contributed by atoms with van der Waals surface area (Å²) >= 11 is 0. The average molecular weight is 295 g/mol. The standard InChI is InChI=1S/C17H17N3O2/c1-11-15(14(21)9-10-18)16(12(2)20(11)3)17(22)19-13-7-5-4-6-8-13/h4-8H,9H2,1-3H3,(H,19,22). The Morgan fingerprint density at radius 2 is 1.73 bits per heavy atom. The number of nitrogens with one attached hydrogen (secondary N) is 1. The normalized spacial score (nSPS) is 10.1. The van der Waals surface area contributed by atoms with Crippen LogP contribution in [0.15, 0.2) is 30.3 Å². The molecule has 0 radical (unpaired) electrons. The number of nitriles is 1. The Kier molecular flexibility index (Phi) is 4.42. The van der Waals surface area contributed by atoms with Crippen LogP contribution in [0, 0.1) is 25.2 Å². The van der Waals surface area contributed by atoms with Crippen LogP contribution in [-0.4, -0.2) is 16.3 Å². The van der Waals surface area contributed by atoms with Gasteiger partial charge < -0.3 is 9.88 Å². The smallest absolute Gasteiger partial charge is 0.258 e. The molecule has 0 saturated heterocycles. The fourth-order valence-corrected chi connectivity index (χ4v) is 2.44. The van der Waals surface area contributed by atoms with E-state index in [1.165, 1.54) is 0 Å². The zero-order valence-corrected chi connectivity index (χ0v) is 12.8. The monoisotopic (exact) mass is 295 g/mol. The first-order chi connectivity index (χ1) is 10.5. The molecule has 0 atom stereocenters. The average Bonchev–Trinajstić information content (AvgIpc) is 2.73. The summed E-state index contributed by atoms with van der Waals surface area (Å²) in [5.41, 5.74) is 2.72. The highest BCUT2D eigenvalue weighted by atomic mass is 16.2. The predicted octanol–water partition coefficient (Wildman–Crippen LogP) is 2.99. The number of nitrogens with zero attached hydrogens (tertiary/aromatic N) is 2. The minimum absolute atomic E-state index is 0.240. The molecule has 1 aromatic carbocycles. The fraction of sp³-hybridized carbons (Fsp3) is 0.235. The molecule has 22 heavy (non-hydrogen) atoms. The number of Topliss-reactive ketones (excluding diaryl/α,β-unsaturated/α-hetero) is 1. The number of amides is 1. The third-order valence-corrected chi connectivity index (χ3v) is 3.76. The topological polar surface area (TPSA) is 74.9 Å². The van der Waals surface area contributed by atoms with E-state index in [0.717, 1.165) is 0 Å². The summed E-state index contributed by atoms with van der Waals surface area (Å²) in [6.45, 7) is 3.56. The van der Waals surface area contributed by atoms with Gasteiger partial charge in [-0.2, -0.15) is 5.26 Å². The van der Waals surface area contributed by atoms with Gasteiger partial charge >= 0.3 is 0 Å². The van der Waals surface area contributed by atoms with Crippen LogP contribution >= 0.6 is 0 Å². The molecule has 1 aromatic heterocycles. The fourth-order valence-electron chi connectivity index (χ4n) is 2.44. The molecular formula is C17H17N3O2. The van der Waals surface area contributed by atoms with Crippen molar-refractivity contribution in [1.82, 2.24) is 4.57 Å². The van der Waals surface area contributed by atoms with Crippen molar-refractivity contribution in [2.45, 2.75) is 20.3 Å². The number of hydrogen-bond donors (Lipinski definition) is 1. The van der Waals surface area contributed by atoms with E-state index in [9.17, 15) is 9.59 Å². The van der Waals surface area contributed by atoms with Crippen LogP contribution in [0.4, 0.5) is 5.69 Å². The number of carbonyl (C=O) groups excluding carboxylic acids is 2. The summed E-state index contributed by atoms with van der Waals surface area (Å²) in [6.07, 6.45) is -0.240. The van der Waals surface area contributed by atoms with E-state index in [1.54, 1.807) is 37.6 Å². The van der Waals surface area contributed by atoms with Gasteiger partial charge in [-0.3, -0.25) is 9.59 Å². The van der Waals surface area contributed by atoms with Crippen molar-refractivity contribution in [3.05, 3.63) is 52.8 Å². The van der Waals surface area contributed by atoms with Gasteiger partial charge in [0.1, 0.15) is 0 Å². The van der Waals surface area contributed by atoms with Crippen molar-refractivity contribution in [2.75, 3.05) is 5.32 Å². The SMILES string of the molecule is Cc1c(C(=O)CC#N)c(C(=O)Nc2ccccc2)c(C)n1C. The highest BCUT2D eigenvalue weighted by Crippen LogP contribution is 2.24. The number of aromatic nitrogens is 1. The molecule has 5 heteroatoms. The van der Waals surface area contributed by atoms with Crippen molar-refractivity contribution < 1.29 is 9.59 Å². The molecule has 2 rings (SSSR count). The van der Waals surface area contributed by atoms with Crippen molar-refractivity contribution in [1.29, 1.82) is 5.26 Å². The number of rotatable bonds is 4. The molecule has 0 saturated carbocycles. The Morgan fingerprint density at radius 3 is 2.32 bits per heavy atom. The van der Waals surface area contributed by atoms with Crippen LogP contribution in [0.3, 0.4) is 0 Å². The molecule has 0 bridgehead atoms. The van der Waals surface area contributed by atoms with E-state index in [2.05, 4.69) is 5.32 Å². The lowest BCUT2D eigenvalue weighted by Gasteiger charge is -2.07. The Balaban J connectivity index is 2.46. The maximum Gasteiger partial charge on any atom is 0.258 e. The molecule has 0 aliphatic rings.